The van der Waals surface area contributed by atoms with Crippen LogP contribution in [0.4, 0.5) is 0 Å². The molecule has 1 amide bonds. The van der Waals surface area contributed by atoms with E-state index >= 15 is 0 Å². The maximum Gasteiger partial charge on any atom is 0.257 e. The van der Waals surface area contributed by atoms with Crippen molar-refractivity contribution >= 4 is 5.91 Å². The molecule has 3 aromatic rings. The molecule has 164 valence electrons. The Balaban J connectivity index is 1.31. The van der Waals surface area contributed by atoms with Crippen molar-refractivity contribution < 1.29 is 14.6 Å². The lowest BCUT2D eigenvalue weighted by atomic mass is 9.84. The van der Waals surface area contributed by atoms with E-state index in [1.165, 1.54) is 42.6 Å². The Morgan fingerprint density at radius 3 is 2.31 bits per heavy atom. The summed E-state index contributed by atoms with van der Waals surface area (Å²) in [4.78, 5) is 14.7. The average Bonchev–Trinajstić information content (AvgIpc) is 3.08. The summed E-state index contributed by atoms with van der Waals surface area (Å²) >= 11 is 0. The van der Waals surface area contributed by atoms with Gasteiger partial charge in [-0.25, -0.2) is 0 Å². The molecule has 0 spiro atoms. The molecule has 0 unspecified atom stereocenters. The van der Waals surface area contributed by atoms with Crippen LogP contribution < -0.4 is 4.74 Å². The number of carbonyl (C=O) groups excluding carboxylic acids is 1. The van der Waals surface area contributed by atoms with Crippen LogP contribution in [0.3, 0.4) is 0 Å². The summed E-state index contributed by atoms with van der Waals surface area (Å²) in [6.07, 6.45) is 6.54. The Morgan fingerprint density at radius 2 is 1.56 bits per heavy atom. The van der Waals surface area contributed by atoms with E-state index < -0.39 is 5.72 Å². The molecule has 1 saturated carbocycles. The highest BCUT2D eigenvalue weighted by molar-refractivity contribution is 6.00. The second-order valence-corrected chi connectivity index (χ2v) is 8.79. The van der Waals surface area contributed by atoms with Gasteiger partial charge in [0.15, 0.2) is 5.72 Å². The van der Waals surface area contributed by atoms with Crippen molar-refractivity contribution in [1.82, 2.24) is 4.90 Å². The highest BCUT2D eigenvalue weighted by Gasteiger charge is 2.49. The molecular weight excluding hydrogens is 398 g/mol. The fraction of sp³-hybridized carbons (Fsp3) is 0.321. The van der Waals surface area contributed by atoms with Crippen LogP contribution in [0.5, 0.6) is 5.75 Å². The van der Waals surface area contributed by atoms with Gasteiger partial charge >= 0.3 is 0 Å². The van der Waals surface area contributed by atoms with Crippen molar-refractivity contribution in [3.63, 3.8) is 0 Å². The monoisotopic (exact) mass is 427 g/mol. The lowest BCUT2D eigenvalue weighted by Crippen LogP contribution is -2.46. The molecule has 0 bridgehead atoms. The Morgan fingerprint density at radius 1 is 0.875 bits per heavy atom. The van der Waals surface area contributed by atoms with E-state index in [1.54, 1.807) is 6.07 Å². The molecule has 0 radical (unpaired) electrons. The minimum Gasteiger partial charge on any atom is -0.492 e. The zero-order valence-corrected chi connectivity index (χ0v) is 18.2. The zero-order valence-electron chi connectivity index (χ0n) is 18.2. The highest BCUT2D eigenvalue weighted by atomic mass is 16.5. The first kappa shape index (κ1) is 20.8. The van der Waals surface area contributed by atoms with Gasteiger partial charge in [0.1, 0.15) is 12.4 Å². The van der Waals surface area contributed by atoms with Crippen molar-refractivity contribution in [2.75, 3.05) is 13.2 Å². The van der Waals surface area contributed by atoms with Crippen LogP contribution >= 0.6 is 0 Å². The molecule has 1 atom stereocenters. The molecule has 3 aromatic carbocycles. The van der Waals surface area contributed by atoms with E-state index in [1.807, 2.05) is 60.7 Å². The second-order valence-electron chi connectivity index (χ2n) is 8.79. The van der Waals surface area contributed by atoms with Crippen molar-refractivity contribution in [3.05, 3.63) is 101 Å². The van der Waals surface area contributed by atoms with Gasteiger partial charge in [0.2, 0.25) is 0 Å². The minimum absolute atomic E-state index is 0.178. The number of hydrogen-bond donors (Lipinski definition) is 1. The summed E-state index contributed by atoms with van der Waals surface area (Å²) in [5.74, 6) is 1.28. The van der Waals surface area contributed by atoms with Gasteiger partial charge in [0, 0.05) is 16.7 Å². The number of rotatable bonds is 6. The van der Waals surface area contributed by atoms with Crippen LogP contribution in [0, 0.1) is 0 Å². The van der Waals surface area contributed by atoms with E-state index in [9.17, 15) is 9.90 Å². The molecule has 0 aromatic heterocycles. The largest absolute Gasteiger partial charge is 0.492 e. The Hall–Kier alpha value is -3.11. The molecule has 1 aliphatic carbocycles. The summed E-state index contributed by atoms with van der Waals surface area (Å²) in [6, 6.07) is 25.0. The number of nitrogens with zero attached hydrogens (tertiary/aromatic N) is 1. The maximum absolute atomic E-state index is 13.2. The normalized spacial score (nSPS) is 20.9. The van der Waals surface area contributed by atoms with Crippen LogP contribution in [0.2, 0.25) is 0 Å². The summed E-state index contributed by atoms with van der Waals surface area (Å²) in [7, 11) is 0. The van der Waals surface area contributed by atoms with Gasteiger partial charge in [-0.15, -0.1) is 0 Å². The molecule has 0 saturated heterocycles. The third-order valence-corrected chi connectivity index (χ3v) is 6.89. The molecule has 1 fully saturated rings. The van der Waals surface area contributed by atoms with Crippen LogP contribution in [-0.4, -0.2) is 29.1 Å². The summed E-state index contributed by atoms with van der Waals surface area (Å²) in [5.41, 5.74) is 1.72. The zero-order chi connectivity index (χ0) is 22.0. The van der Waals surface area contributed by atoms with E-state index in [0.717, 1.165) is 5.75 Å². The number of hydrogen-bond acceptors (Lipinski definition) is 3. The third kappa shape index (κ3) is 3.69. The average molecular weight is 428 g/mol. The number of ether oxygens (including phenoxy) is 1. The number of aliphatic hydroxyl groups is 1. The molecule has 1 aliphatic heterocycles. The van der Waals surface area contributed by atoms with Crippen molar-refractivity contribution in [2.24, 2.45) is 0 Å². The van der Waals surface area contributed by atoms with E-state index in [2.05, 4.69) is 12.1 Å². The van der Waals surface area contributed by atoms with Gasteiger partial charge in [-0.1, -0.05) is 79.9 Å². The summed E-state index contributed by atoms with van der Waals surface area (Å²) < 4.78 is 5.98. The Labute approximate surface area is 189 Å². The SMILES string of the molecule is O=C1c2ccccc2[C@](O)(c2ccccc2)N1CCOc1ccc(C2CCCCC2)cc1. The van der Waals surface area contributed by atoms with Crippen molar-refractivity contribution in [3.8, 4) is 5.75 Å². The van der Waals surface area contributed by atoms with Gasteiger partial charge in [-0.2, -0.15) is 0 Å². The number of amides is 1. The lowest BCUT2D eigenvalue weighted by molar-refractivity contribution is -0.0538. The first-order valence-corrected chi connectivity index (χ1v) is 11.6. The molecule has 1 heterocycles. The molecular formula is C28H29NO3. The Kier molecular flexibility index (Phi) is 5.71. The smallest absolute Gasteiger partial charge is 0.257 e. The maximum atomic E-state index is 13.2. The summed E-state index contributed by atoms with van der Waals surface area (Å²) in [6.45, 7) is 0.584. The van der Waals surface area contributed by atoms with E-state index in [4.69, 9.17) is 4.74 Å². The standard InChI is InChI=1S/C28H29NO3/c30-27-25-13-7-8-14-26(25)28(31,23-11-5-2-6-12-23)29(27)19-20-32-24-17-15-22(16-18-24)21-9-3-1-4-10-21/h2,5-8,11-18,21,31H,1,3-4,9-10,19-20H2/t28-/m1/s1. The Bertz CT molecular complexity index is 1070. The van der Waals surface area contributed by atoms with Crippen LogP contribution in [0.1, 0.15) is 65.1 Å². The molecule has 5 rings (SSSR count). The summed E-state index contributed by atoms with van der Waals surface area (Å²) in [5, 5.41) is 11.8. The van der Waals surface area contributed by atoms with Gasteiger partial charge in [0.05, 0.1) is 6.54 Å². The number of fused-ring (bicyclic) bond motifs is 1. The van der Waals surface area contributed by atoms with Gasteiger partial charge in [-0.05, 0) is 42.5 Å². The highest BCUT2D eigenvalue weighted by Crippen LogP contribution is 2.42. The predicted octanol–water partition coefficient (Wildman–Crippen LogP) is 5.46. The van der Waals surface area contributed by atoms with Crippen molar-refractivity contribution in [1.29, 1.82) is 0 Å². The third-order valence-electron chi connectivity index (χ3n) is 6.89. The van der Waals surface area contributed by atoms with Gasteiger partial charge in [-0.3, -0.25) is 9.69 Å². The predicted molar refractivity (Wildman–Crippen MR) is 125 cm³/mol. The first-order chi connectivity index (χ1) is 15.7. The molecule has 4 heteroatoms. The topological polar surface area (TPSA) is 49.8 Å². The van der Waals surface area contributed by atoms with E-state index in [-0.39, 0.29) is 12.5 Å². The molecule has 2 aliphatic rings. The molecule has 4 nitrogen and oxygen atoms in total. The van der Waals surface area contributed by atoms with Crippen LogP contribution in [0.25, 0.3) is 0 Å². The molecule has 1 N–H and O–H groups in total. The van der Waals surface area contributed by atoms with Gasteiger partial charge < -0.3 is 9.84 Å². The first-order valence-electron chi connectivity index (χ1n) is 11.6. The van der Waals surface area contributed by atoms with E-state index in [0.29, 0.717) is 29.2 Å². The lowest BCUT2D eigenvalue weighted by Gasteiger charge is -2.34. The van der Waals surface area contributed by atoms with Crippen LogP contribution in [0.15, 0.2) is 78.9 Å². The minimum atomic E-state index is -1.50. The van der Waals surface area contributed by atoms with Crippen LogP contribution in [-0.2, 0) is 5.72 Å². The fourth-order valence-corrected chi connectivity index (χ4v) is 5.18. The quantitative estimate of drug-likeness (QED) is 0.568. The second kappa shape index (κ2) is 8.79. The number of carbonyl (C=O) groups is 1. The number of benzene rings is 3. The van der Waals surface area contributed by atoms with Gasteiger partial charge in [0.25, 0.3) is 5.91 Å². The van der Waals surface area contributed by atoms with Crippen molar-refractivity contribution in [2.45, 2.75) is 43.7 Å². The fourth-order valence-electron chi connectivity index (χ4n) is 5.18. The molecule has 32 heavy (non-hydrogen) atoms.